The summed E-state index contributed by atoms with van der Waals surface area (Å²) in [4.78, 5) is 14.3. The molecule has 0 aliphatic heterocycles. The summed E-state index contributed by atoms with van der Waals surface area (Å²) in [5.74, 6) is 1.32. The minimum absolute atomic E-state index is 0.0260. The fourth-order valence-electron chi connectivity index (χ4n) is 2.84. The summed E-state index contributed by atoms with van der Waals surface area (Å²) in [6.45, 7) is 2.47. The normalized spacial score (nSPS) is 11.8. The number of halogens is 1. The van der Waals surface area contributed by atoms with Crippen LogP contribution in [0.1, 0.15) is 24.1 Å². The molecule has 0 radical (unpaired) electrons. The Labute approximate surface area is 165 Å². The van der Waals surface area contributed by atoms with Crippen molar-refractivity contribution in [2.24, 2.45) is 0 Å². The number of benzene rings is 2. The van der Waals surface area contributed by atoms with Crippen LogP contribution in [0.3, 0.4) is 0 Å². The Morgan fingerprint density at radius 2 is 1.61 bits per heavy atom. The molecule has 0 heterocycles. The predicted octanol–water partition coefficient (Wildman–Crippen LogP) is 3.16. The van der Waals surface area contributed by atoms with Crippen LogP contribution in [0.2, 0.25) is 0 Å². The van der Waals surface area contributed by atoms with E-state index < -0.39 is 0 Å². The van der Waals surface area contributed by atoms with Crippen LogP contribution in [0.15, 0.2) is 36.4 Å². The molecule has 1 N–H and O–H groups in total. The highest BCUT2D eigenvalue weighted by Gasteiger charge is 2.16. The molecule has 0 fully saturated rings. The lowest BCUT2D eigenvalue weighted by Gasteiger charge is -2.24. The van der Waals surface area contributed by atoms with Crippen molar-refractivity contribution in [1.82, 2.24) is 10.2 Å². The number of ether oxygens (including phenoxy) is 3. The Morgan fingerprint density at radius 1 is 1.04 bits per heavy atom. The van der Waals surface area contributed by atoms with Crippen molar-refractivity contribution < 1.29 is 23.4 Å². The monoisotopic (exact) mass is 390 g/mol. The average molecular weight is 390 g/mol. The molecule has 0 saturated carbocycles. The highest BCUT2D eigenvalue weighted by molar-refractivity contribution is 5.78. The van der Waals surface area contributed by atoms with E-state index in [1.165, 1.54) is 12.1 Å². The van der Waals surface area contributed by atoms with Crippen molar-refractivity contribution in [2.75, 3.05) is 34.9 Å². The third-order valence-electron chi connectivity index (χ3n) is 4.67. The van der Waals surface area contributed by atoms with Crippen molar-refractivity contribution in [3.05, 3.63) is 53.3 Å². The number of nitrogens with zero attached hydrogens (tertiary/aromatic N) is 1. The van der Waals surface area contributed by atoms with Crippen LogP contribution in [-0.2, 0) is 11.3 Å². The van der Waals surface area contributed by atoms with Crippen LogP contribution in [0.4, 0.5) is 4.39 Å². The zero-order valence-electron chi connectivity index (χ0n) is 16.9. The van der Waals surface area contributed by atoms with E-state index in [4.69, 9.17) is 14.2 Å². The lowest BCUT2D eigenvalue weighted by Crippen LogP contribution is -2.36. The number of carbonyl (C=O) groups is 1. The van der Waals surface area contributed by atoms with Crippen molar-refractivity contribution in [3.63, 3.8) is 0 Å². The van der Waals surface area contributed by atoms with E-state index in [9.17, 15) is 9.18 Å². The molecule has 7 heteroatoms. The molecular weight excluding hydrogens is 363 g/mol. The minimum Gasteiger partial charge on any atom is -0.496 e. The highest BCUT2D eigenvalue weighted by Crippen LogP contribution is 2.34. The molecule has 0 spiro atoms. The number of hydrogen-bond acceptors (Lipinski definition) is 5. The van der Waals surface area contributed by atoms with Gasteiger partial charge < -0.3 is 19.5 Å². The molecule has 2 aromatic rings. The first-order valence-electron chi connectivity index (χ1n) is 8.90. The third kappa shape index (κ3) is 5.36. The fourth-order valence-corrected chi connectivity index (χ4v) is 2.84. The first kappa shape index (κ1) is 21.5. The van der Waals surface area contributed by atoms with Gasteiger partial charge in [-0.3, -0.25) is 9.69 Å². The summed E-state index contributed by atoms with van der Waals surface area (Å²) in [5, 5.41) is 2.89. The van der Waals surface area contributed by atoms with Gasteiger partial charge in [-0.25, -0.2) is 4.39 Å². The Kier molecular flexibility index (Phi) is 7.63. The van der Waals surface area contributed by atoms with Gasteiger partial charge in [0, 0.05) is 24.2 Å². The molecule has 1 atom stereocenters. The van der Waals surface area contributed by atoms with Crippen LogP contribution in [-0.4, -0.2) is 45.7 Å². The van der Waals surface area contributed by atoms with Gasteiger partial charge in [-0.2, -0.15) is 0 Å². The molecule has 0 aromatic heterocycles. The number of carbonyl (C=O) groups excluding carboxylic acids is 1. The summed E-state index contributed by atoms with van der Waals surface area (Å²) >= 11 is 0. The number of rotatable bonds is 9. The Morgan fingerprint density at radius 3 is 2.18 bits per heavy atom. The average Bonchev–Trinajstić information content (AvgIpc) is 2.71. The van der Waals surface area contributed by atoms with E-state index in [1.54, 1.807) is 45.6 Å². The topological polar surface area (TPSA) is 60.0 Å². The zero-order valence-corrected chi connectivity index (χ0v) is 16.9. The van der Waals surface area contributed by atoms with E-state index in [2.05, 4.69) is 5.32 Å². The van der Waals surface area contributed by atoms with Crippen molar-refractivity contribution in [2.45, 2.75) is 19.5 Å². The smallest absolute Gasteiger partial charge is 0.234 e. The minimum atomic E-state index is -0.278. The molecule has 2 aromatic carbocycles. The van der Waals surface area contributed by atoms with E-state index in [0.717, 1.165) is 11.1 Å². The van der Waals surface area contributed by atoms with Gasteiger partial charge in [-0.1, -0.05) is 12.1 Å². The van der Waals surface area contributed by atoms with E-state index >= 15 is 0 Å². The molecular formula is C21H27FN2O4. The number of hydrogen-bond donors (Lipinski definition) is 1. The summed E-state index contributed by atoms with van der Waals surface area (Å²) < 4.78 is 29.0. The number of amides is 1. The lowest BCUT2D eigenvalue weighted by atomic mass is 10.1. The number of likely N-dealkylation sites (N-methyl/N-ethyl adjacent to an activating group) is 1. The molecule has 1 unspecified atom stereocenters. The summed E-state index contributed by atoms with van der Waals surface area (Å²) in [7, 11) is 6.52. The van der Waals surface area contributed by atoms with E-state index in [-0.39, 0.29) is 24.3 Å². The first-order valence-corrected chi connectivity index (χ1v) is 8.90. The molecule has 1 amide bonds. The largest absolute Gasteiger partial charge is 0.496 e. The Bertz CT molecular complexity index is 796. The second-order valence-corrected chi connectivity index (χ2v) is 6.44. The zero-order chi connectivity index (χ0) is 20.7. The lowest BCUT2D eigenvalue weighted by molar-refractivity contribution is -0.122. The second kappa shape index (κ2) is 9.94. The fraction of sp³-hybridized carbons (Fsp3) is 0.381. The van der Waals surface area contributed by atoms with Crippen LogP contribution < -0.4 is 19.5 Å². The van der Waals surface area contributed by atoms with Gasteiger partial charge in [0.05, 0.1) is 27.9 Å². The van der Waals surface area contributed by atoms with Gasteiger partial charge in [0.2, 0.25) is 5.91 Å². The van der Waals surface area contributed by atoms with Crippen LogP contribution in [0, 0.1) is 5.82 Å². The number of methoxy groups -OCH3 is 3. The summed E-state index contributed by atoms with van der Waals surface area (Å²) in [6, 6.07) is 9.77. The van der Waals surface area contributed by atoms with Crippen LogP contribution in [0.5, 0.6) is 17.2 Å². The van der Waals surface area contributed by atoms with Gasteiger partial charge in [-0.05, 0) is 37.7 Å². The maximum Gasteiger partial charge on any atom is 0.234 e. The molecule has 2 rings (SSSR count). The molecule has 0 bridgehead atoms. The van der Waals surface area contributed by atoms with Gasteiger partial charge in [0.25, 0.3) is 0 Å². The quantitative estimate of drug-likeness (QED) is 0.713. The van der Waals surface area contributed by atoms with Gasteiger partial charge in [0.15, 0.2) is 11.5 Å². The molecule has 6 nitrogen and oxygen atoms in total. The Hall–Kier alpha value is -2.80. The van der Waals surface area contributed by atoms with E-state index in [1.807, 2.05) is 18.9 Å². The highest BCUT2D eigenvalue weighted by atomic mass is 19.1. The van der Waals surface area contributed by atoms with Gasteiger partial charge >= 0.3 is 0 Å². The predicted molar refractivity (Wildman–Crippen MR) is 105 cm³/mol. The molecule has 0 saturated heterocycles. The molecule has 0 aliphatic carbocycles. The van der Waals surface area contributed by atoms with Crippen molar-refractivity contribution in [3.8, 4) is 17.2 Å². The van der Waals surface area contributed by atoms with Gasteiger partial charge in [0.1, 0.15) is 11.6 Å². The maximum atomic E-state index is 13.1. The molecule has 0 aliphatic rings. The summed E-state index contributed by atoms with van der Waals surface area (Å²) in [6.07, 6.45) is 0. The first-order chi connectivity index (χ1) is 13.4. The van der Waals surface area contributed by atoms with Crippen LogP contribution in [0.25, 0.3) is 0 Å². The standard InChI is InChI=1S/C21H27FN2O4/c1-14(15-6-8-17(22)9-7-15)24(2)13-21(25)23-12-16-10-19(27-4)20(28-5)11-18(16)26-3/h6-11,14H,12-13H2,1-5H3,(H,23,25). The third-order valence-corrected chi connectivity index (χ3v) is 4.67. The maximum absolute atomic E-state index is 13.1. The van der Waals surface area contributed by atoms with Crippen LogP contribution >= 0.6 is 0 Å². The molecule has 152 valence electrons. The molecule has 28 heavy (non-hydrogen) atoms. The van der Waals surface area contributed by atoms with Crippen molar-refractivity contribution in [1.29, 1.82) is 0 Å². The number of nitrogens with one attached hydrogen (secondary N) is 1. The summed E-state index contributed by atoms with van der Waals surface area (Å²) in [5.41, 5.74) is 1.72. The van der Waals surface area contributed by atoms with Crippen molar-refractivity contribution >= 4 is 5.91 Å². The Balaban J connectivity index is 1.99. The van der Waals surface area contributed by atoms with E-state index in [0.29, 0.717) is 23.8 Å². The SMILES string of the molecule is COc1cc(OC)c(OC)cc1CNC(=O)CN(C)C(C)c1ccc(F)cc1. The van der Waals surface area contributed by atoms with Gasteiger partial charge in [-0.15, -0.1) is 0 Å². The second-order valence-electron chi connectivity index (χ2n) is 6.44.